The molecule has 2 rings (SSSR count). The zero-order chi connectivity index (χ0) is 17.0. The number of aromatic nitrogens is 2. The van der Waals surface area contributed by atoms with Crippen LogP contribution in [0.3, 0.4) is 0 Å². The van der Waals surface area contributed by atoms with Crippen molar-refractivity contribution in [3.05, 3.63) is 30.1 Å². The number of nitrogens with zero attached hydrogens (tertiary/aromatic N) is 2. The first-order chi connectivity index (χ1) is 11.0. The van der Waals surface area contributed by atoms with Crippen molar-refractivity contribution in [1.29, 1.82) is 0 Å². The summed E-state index contributed by atoms with van der Waals surface area (Å²) in [5, 5.41) is 3.05. The molecule has 0 spiro atoms. The van der Waals surface area contributed by atoms with Crippen molar-refractivity contribution in [2.24, 2.45) is 11.1 Å². The Kier molecular flexibility index (Phi) is 5.42. The van der Waals surface area contributed by atoms with Crippen molar-refractivity contribution in [2.75, 3.05) is 6.54 Å². The van der Waals surface area contributed by atoms with Crippen LogP contribution in [0.2, 0.25) is 0 Å². The van der Waals surface area contributed by atoms with E-state index in [0.29, 0.717) is 13.1 Å². The number of fused-ring (bicyclic) bond motifs is 1. The second kappa shape index (κ2) is 7.13. The third kappa shape index (κ3) is 3.24. The van der Waals surface area contributed by atoms with E-state index in [1.54, 1.807) is 0 Å². The summed E-state index contributed by atoms with van der Waals surface area (Å²) in [4.78, 5) is 17.3. The van der Waals surface area contributed by atoms with Crippen molar-refractivity contribution >= 4 is 16.9 Å². The molecule has 0 saturated carbocycles. The van der Waals surface area contributed by atoms with Gasteiger partial charge in [0, 0.05) is 12.6 Å². The first kappa shape index (κ1) is 17.5. The second-order valence-corrected chi connectivity index (χ2v) is 6.35. The van der Waals surface area contributed by atoms with Crippen LogP contribution < -0.4 is 11.1 Å². The Morgan fingerprint density at radius 2 is 1.96 bits per heavy atom. The van der Waals surface area contributed by atoms with Crippen LogP contribution in [0.5, 0.6) is 0 Å². The third-order valence-corrected chi connectivity index (χ3v) is 4.82. The molecule has 0 atom stereocenters. The van der Waals surface area contributed by atoms with Crippen LogP contribution in [0.1, 0.15) is 52.4 Å². The number of benzene rings is 1. The summed E-state index contributed by atoms with van der Waals surface area (Å²) in [5.41, 5.74) is 7.44. The molecular weight excluding hydrogens is 288 g/mol. The highest BCUT2D eigenvalue weighted by molar-refractivity contribution is 5.83. The van der Waals surface area contributed by atoms with Gasteiger partial charge in [0.1, 0.15) is 5.82 Å². The average Bonchev–Trinajstić information content (AvgIpc) is 2.93. The number of carbonyl (C=O) groups is 1. The quantitative estimate of drug-likeness (QED) is 0.824. The minimum absolute atomic E-state index is 0.0207. The number of amides is 1. The molecule has 0 aliphatic rings. The molecule has 1 amide bonds. The number of hydrogen-bond donors (Lipinski definition) is 2. The molecule has 5 heteroatoms. The van der Waals surface area contributed by atoms with Crippen LogP contribution in [0, 0.1) is 5.41 Å². The first-order valence-electron chi connectivity index (χ1n) is 8.43. The summed E-state index contributed by atoms with van der Waals surface area (Å²) in [6.07, 6.45) is 1.48. The molecule has 0 bridgehead atoms. The van der Waals surface area contributed by atoms with E-state index in [-0.39, 0.29) is 11.9 Å². The van der Waals surface area contributed by atoms with Gasteiger partial charge in [-0.05, 0) is 38.8 Å². The Morgan fingerprint density at radius 3 is 2.52 bits per heavy atom. The van der Waals surface area contributed by atoms with Gasteiger partial charge in [0.2, 0.25) is 5.91 Å². The molecule has 0 unspecified atom stereocenters. The highest BCUT2D eigenvalue weighted by atomic mass is 16.2. The smallest absolute Gasteiger partial charge is 0.227 e. The highest BCUT2D eigenvalue weighted by Crippen LogP contribution is 2.26. The maximum absolute atomic E-state index is 12.6. The molecular formula is C18H28N4O. The van der Waals surface area contributed by atoms with Gasteiger partial charge in [-0.3, -0.25) is 4.79 Å². The molecule has 126 valence electrons. The van der Waals surface area contributed by atoms with Crippen LogP contribution in [0.4, 0.5) is 0 Å². The molecule has 5 nitrogen and oxygen atoms in total. The number of nitrogens with two attached hydrogens (primary N) is 1. The van der Waals surface area contributed by atoms with Gasteiger partial charge in [0.15, 0.2) is 0 Å². The van der Waals surface area contributed by atoms with E-state index in [1.807, 2.05) is 32.0 Å². The Labute approximate surface area is 138 Å². The first-order valence-corrected chi connectivity index (χ1v) is 8.43. The van der Waals surface area contributed by atoms with Crippen molar-refractivity contribution in [3.63, 3.8) is 0 Å². The Hall–Kier alpha value is -1.88. The SMILES string of the molecule is CCC(CC)(CN)C(=O)NCc1nc2ccccc2n1C(C)C. The van der Waals surface area contributed by atoms with E-state index < -0.39 is 5.41 Å². The van der Waals surface area contributed by atoms with E-state index in [2.05, 4.69) is 34.8 Å². The fourth-order valence-electron chi connectivity index (χ4n) is 3.09. The van der Waals surface area contributed by atoms with Gasteiger partial charge >= 0.3 is 0 Å². The molecule has 3 N–H and O–H groups in total. The van der Waals surface area contributed by atoms with Crippen molar-refractivity contribution in [1.82, 2.24) is 14.9 Å². The topological polar surface area (TPSA) is 72.9 Å². The maximum atomic E-state index is 12.6. The van der Waals surface area contributed by atoms with Gasteiger partial charge in [-0.1, -0.05) is 26.0 Å². The molecule has 1 heterocycles. The number of nitrogens with one attached hydrogen (secondary N) is 1. The van der Waals surface area contributed by atoms with Crippen LogP contribution >= 0.6 is 0 Å². The van der Waals surface area contributed by atoms with Gasteiger partial charge in [0.05, 0.1) is 23.0 Å². The van der Waals surface area contributed by atoms with E-state index in [0.717, 1.165) is 29.7 Å². The van der Waals surface area contributed by atoms with Crippen LogP contribution in [0.15, 0.2) is 24.3 Å². The van der Waals surface area contributed by atoms with E-state index >= 15 is 0 Å². The summed E-state index contributed by atoms with van der Waals surface area (Å²) in [6.45, 7) is 9.07. The molecule has 0 saturated heterocycles. The summed E-state index contributed by atoms with van der Waals surface area (Å²) in [7, 11) is 0. The molecule has 0 fully saturated rings. The number of carbonyl (C=O) groups excluding carboxylic acids is 1. The van der Waals surface area contributed by atoms with E-state index in [9.17, 15) is 4.79 Å². The number of imidazole rings is 1. The number of para-hydroxylation sites is 2. The zero-order valence-electron chi connectivity index (χ0n) is 14.6. The average molecular weight is 316 g/mol. The highest BCUT2D eigenvalue weighted by Gasteiger charge is 2.33. The molecule has 2 aromatic rings. The van der Waals surface area contributed by atoms with Crippen LogP contribution in [0.25, 0.3) is 11.0 Å². The van der Waals surface area contributed by atoms with Crippen molar-refractivity contribution in [2.45, 2.75) is 53.1 Å². The van der Waals surface area contributed by atoms with Crippen LogP contribution in [-0.2, 0) is 11.3 Å². The minimum atomic E-state index is -0.478. The largest absolute Gasteiger partial charge is 0.348 e. The van der Waals surface area contributed by atoms with Crippen molar-refractivity contribution < 1.29 is 4.79 Å². The Bertz CT molecular complexity index is 662. The van der Waals surface area contributed by atoms with Gasteiger partial charge < -0.3 is 15.6 Å². The van der Waals surface area contributed by atoms with Crippen molar-refractivity contribution in [3.8, 4) is 0 Å². The molecule has 1 aromatic heterocycles. The molecule has 23 heavy (non-hydrogen) atoms. The Morgan fingerprint density at radius 1 is 1.30 bits per heavy atom. The normalized spacial score (nSPS) is 12.1. The lowest BCUT2D eigenvalue weighted by atomic mass is 9.81. The lowest BCUT2D eigenvalue weighted by molar-refractivity contribution is -0.131. The summed E-state index contributed by atoms with van der Waals surface area (Å²) in [6, 6.07) is 8.35. The van der Waals surface area contributed by atoms with E-state index in [1.165, 1.54) is 0 Å². The van der Waals surface area contributed by atoms with Gasteiger partial charge in [-0.25, -0.2) is 4.98 Å². The van der Waals surface area contributed by atoms with Crippen LogP contribution in [-0.4, -0.2) is 22.0 Å². The third-order valence-electron chi connectivity index (χ3n) is 4.82. The fourth-order valence-corrected chi connectivity index (χ4v) is 3.09. The summed E-state index contributed by atoms with van der Waals surface area (Å²) < 4.78 is 2.18. The van der Waals surface area contributed by atoms with Gasteiger partial charge in [-0.2, -0.15) is 0 Å². The summed E-state index contributed by atoms with van der Waals surface area (Å²) in [5.74, 6) is 0.903. The van der Waals surface area contributed by atoms with E-state index in [4.69, 9.17) is 5.73 Å². The second-order valence-electron chi connectivity index (χ2n) is 6.35. The monoisotopic (exact) mass is 316 g/mol. The number of rotatable bonds is 7. The van der Waals surface area contributed by atoms with Gasteiger partial charge in [0.25, 0.3) is 0 Å². The predicted molar refractivity (Wildman–Crippen MR) is 94.0 cm³/mol. The molecule has 0 aliphatic carbocycles. The number of hydrogen-bond acceptors (Lipinski definition) is 3. The standard InChI is InChI=1S/C18H28N4O/c1-5-18(6-2,12-19)17(23)20-11-16-21-14-9-7-8-10-15(14)22(16)13(3)4/h7-10,13H,5-6,11-12,19H2,1-4H3,(H,20,23). The lowest BCUT2D eigenvalue weighted by Crippen LogP contribution is -2.45. The molecule has 0 aliphatic heterocycles. The Balaban J connectivity index is 2.25. The minimum Gasteiger partial charge on any atom is -0.348 e. The van der Waals surface area contributed by atoms with Gasteiger partial charge in [-0.15, -0.1) is 0 Å². The lowest BCUT2D eigenvalue weighted by Gasteiger charge is -2.28. The molecule has 1 aromatic carbocycles. The molecule has 0 radical (unpaired) electrons. The fraction of sp³-hybridized carbons (Fsp3) is 0.556. The maximum Gasteiger partial charge on any atom is 0.227 e. The summed E-state index contributed by atoms with van der Waals surface area (Å²) >= 11 is 0. The predicted octanol–water partition coefficient (Wildman–Crippen LogP) is 3.00. The zero-order valence-corrected chi connectivity index (χ0v) is 14.6.